The first-order chi connectivity index (χ1) is 21.9. The molecule has 0 amide bonds. The van der Waals surface area contributed by atoms with Gasteiger partial charge in [-0.05, 0) is 22.8 Å². The molecule has 4 rings (SSSR count). The number of benzene rings is 4. The quantitative estimate of drug-likeness (QED) is 0.0912. The van der Waals surface area contributed by atoms with Crippen molar-refractivity contribution in [1.29, 1.82) is 0 Å². The number of ether oxygens (including phenoxy) is 5. The zero-order chi connectivity index (χ0) is 32.0. The molecule has 0 saturated heterocycles. The van der Waals surface area contributed by atoms with E-state index in [1.165, 1.54) is 7.11 Å². The smallest absolute Gasteiger partial charge is 0.342 e. The minimum absolute atomic E-state index is 0.00726. The Kier molecular flexibility index (Phi) is 12.1. The Morgan fingerprint density at radius 1 is 0.556 bits per heavy atom. The molecule has 0 radical (unpaired) electrons. The van der Waals surface area contributed by atoms with E-state index in [9.17, 15) is 19.2 Å². The van der Waals surface area contributed by atoms with Gasteiger partial charge >= 0.3 is 23.9 Å². The van der Waals surface area contributed by atoms with Crippen LogP contribution in [0.25, 0.3) is 0 Å². The number of alkyl halides is 1. The van der Waals surface area contributed by atoms with Gasteiger partial charge in [0.2, 0.25) is 0 Å². The Morgan fingerprint density at radius 3 is 1.56 bits per heavy atom. The van der Waals surface area contributed by atoms with Gasteiger partial charge in [-0.25, -0.2) is 19.2 Å². The predicted octanol–water partition coefficient (Wildman–Crippen LogP) is 6.20. The van der Waals surface area contributed by atoms with Crippen molar-refractivity contribution < 1.29 is 42.9 Å². The predicted molar refractivity (Wildman–Crippen MR) is 166 cm³/mol. The second-order valence-corrected chi connectivity index (χ2v) is 9.95. The molecular formula is C35H31ClO9. The van der Waals surface area contributed by atoms with Crippen molar-refractivity contribution in [2.75, 3.05) is 26.2 Å². The average molecular weight is 631 g/mol. The van der Waals surface area contributed by atoms with E-state index in [0.717, 1.165) is 11.6 Å². The van der Waals surface area contributed by atoms with Crippen LogP contribution in [0.2, 0.25) is 0 Å². The second kappa shape index (κ2) is 16.6. The lowest BCUT2D eigenvalue weighted by atomic mass is 9.95. The van der Waals surface area contributed by atoms with Gasteiger partial charge in [0.25, 0.3) is 0 Å². The standard InChI is InChI=1S/C35H31ClO9/c1-41-31-28(33(38)42-19-17-24-11-5-2-6-12-24)21-27(32(37)44-22-25-13-7-3-8-14-25)29(30(31)35(40)43-20-18-36)34(39)45-23-26-15-9-4-10-16-26/h2-16,21H,17-20,22-23H2,1H3. The monoisotopic (exact) mass is 630 g/mol. The molecule has 0 bridgehead atoms. The van der Waals surface area contributed by atoms with Crippen LogP contribution in [-0.4, -0.2) is 50.1 Å². The van der Waals surface area contributed by atoms with Crippen molar-refractivity contribution in [3.63, 3.8) is 0 Å². The Balaban J connectivity index is 1.76. The highest BCUT2D eigenvalue weighted by Gasteiger charge is 2.35. The van der Waals surface area contributed by atoms with Crippen LogP contribution in [0.3, 0.4) is 0 Å². The largest absolute Gasteiger partial charge is 0.495 e. The third-order valence-corrected chi connectivity index (χ3v) is 6.69. The Bertz CT molecular complexity index is 1610. The molecule has 0 aliphatic carbocycles. The van der Waals surface area contributed by atoms with Crippen LogP contribution in [0.5, 0.6) is 5.75 Å². The number of halogens is 1. The molecule has 0 unspecified atom stereocenters. The SMILES string of the molecule is COc1c(C(=O)OCCc2ccccc2)cc(C(=O)OCc2ccccc2)c(C(=O)OCc2ccccc2)c1C(=O)OCCCl. The van der Waals surface area contributed by atoms with Gasteiger partial charge in [0.1, 0.15) is 36.7 Å². The molecule has 232 valence electrons. The lowest BCUT2D eigenvalue weighted by molar-refractivity contribution is 0.0410. The summed E-state index contributed by atoms with van der Waals surface area (Å²) in [7, 11) is 1.21. The summed E-state index contributed by atoms with van der Waals surface area (Å²) in [4.78, 5) is 54.1. The van der Waals surface area contributed by atoms with E-state index in [1.807, 2.05) is 36.4 Å². The first kappa shape index (κ1) is 32.8. The number of esters is 4. The third-order valence-electron chi connectivity index (χ3n) is 6.53. The molecule has 4 aromatic carbocycles. The highest BCUT2D eigenvalue weighted by atomic mass is 35.5. The molecule has 0 atom stereocenters. The van der Waals surface area contributed by atoms with Crippen LogP contribution in [0, 0.1) is 0 Å². The van der Waals surface area contributed by atoms with Crippen molar-refractivity contribution in [3.05, 3.63) is 136 Å². The fourth-order valence-electron chi connectivity index (χ4n) is 4.38. The molecule has 0 saturated carbocycles. The zero-order valence-corrected chi connectivity index (χ0v) is 25.3. The number of rotatable bonds is 14. The van der Waals surface area contributed by atoms with Crippen LogP contribution in [0.1, 0.15) is 58.1 Å². The Hall–Kier alpha value is -5.15. The summed E-state index contributed by atoms with van der Waals surface area (Å²) in [5, 5.41) is 0. The maximum Gasteiger partial charge on any atom is 0.342 e. The van der Waals surface area contributed by atoms with E-state index in [4.69, 9.17) is 35.3 Å². The number of carbonyl (C=O) groups excluding carboxylic acids is 4. The fourth-order valence-corrected chi connectivity index (χ4v) is 4.46. The summed E-state index contributed by atoms with van der Waals surface area (Å²) in [6, 6.07) is 28.2. The summed E-state index contributed by atoms with van der Waals surface area (Å²) >= 11 is 5.75. The average Bonchev–Trinajstić information content (AvgIpc) is 3.08. The van der Waals surface area contributed by atoms with Crippen LogP contribution in [-0.2, 0) is 38.6 Å². The van der Waals surface area contributed by atoms with Gasteiger partial charge in [-0.3, -0.25) is 0 Å². The molecule has 4 aromatic rings. The molecule has 10 heteroatoms. The van der Waals surface area contributed by atoms with Crippen molar-refractivity contribution in [2.45, 2.75) is 19.6 Å². The maximum atomic E-state index is 13.7. The van der Waals surface area contributed by atoms with Gasteiger partial charge in [-0.2, -0.15) is 0 Å². The van der Waals surface area contributed by atoms with E-state index < -0.39 is 40.6 Å². The van der Waals surface area contributed by atoms with Crippen molar-refractivity contribution in [3.8, 4) is 5.75 Å². The molecule has 0 aliphatic rings. The molecular weight excluding hydrogens is 600 g/mol. The van der Waals surface area contributed by atoms with Crippen LogP contribution >= 0.6 is 11.6 Å². The number of hydrogen-bond acceptors (Lipinski definition) is 9. The van der Waals surface area contributed by atoms with E-state index in [2.05, 4.69) is 0 Å². The normalized spacial score (nSPS) is 10.4. The number of hydrogen-bond donors (Lipinski definition) is 0. The summed E-state index contributed by atoms with van der Waals surface area (Å²) < 4.78 is 27.3. The summed E-state index contributed by atoms with van der Waals surface area (Å²) in [5.74, 6) is -4.35. The molecule has 45 heavy (non-hydrogen) atoms. The van der Waals surface area contributed by atoms with Gasteiger partial charge < -0.3 is 23.7 Å². The van der Waals surface area contributed by atoms with Crippen LogP contribution < -0.4 is 4.74 Å². The number of carbonyl (C=O) groups is 4. The van der Waals surface area contributed by atoms with Crippen molar-refractivity contribution >= 4 is 35.5 Å². The first-order valence-electron chi connectivity index (χ1n) is 14.0. The zero-order valence-electron chi connectivity index (χ0n) is 24.5. The molecule has 0 aromatic heterocycles. The molecule has 9 nitrogen and oxygen atoms in total. The van der Waals surface area contributed by atoms with Crippen molar-refractivity contribution in [1.82, 2.24) is 0 Å². The van der Waals surface area contributed by atoms with E-state index in [-0.39, 0.29) is 43.6 Å². The second-order valence-electron chi connectivity index (χ2n) is 9.57. The van der Waals surface area contributed by atoms with Gasteiger partial charge in [0, 0.05) is 6.42 Å². The van der Waals surface area contributed by atoms with E-state index in [1.54, 1.807) is 54.6 Å². The number of methoxy groups -OCH3 is 1. The molecule has 0 fully saturated rings. The lowest BCUT2D eigenvalue weighted by Gasteiger charge is -2.19. The van der Waals surface area contributed by atoms with E-state index in [0.29, 0.717) is 17.5 Å². The summed E-state index contributed by atoms with van der Waals surface area (Å²) in [6.07, 6.45) is 0.412. The molecule has 0 N–H and O–H groups in total. The lowest BCUT2D eigenvalue weighted by Crippen LogP contribution is -2.23. The molecule has 0 heterocycles. The first-order valence-corrected chi connectivity index (χ1v) is 14.6. The highest BCUT2D eigenvalue weighted by Crippen LogP contribution is 2.33. The molecule has 0 spiro atoms. The topological polar surface area (TPSA) is 114 Å². The van der Waals surface area contributed by atoms with Crippen LogP contribution in [0.4, 0.5) is 0 Å². The van der Waals surface area contributed by atoms with Crippen molar-refractivity contribution in [2.24, 2.45) is 0 Å². The van der Waals surface area contributed by atoms with Crippen LogP contribution in [0.15, 0.2) is 97.1 Å². The minimum Gasteiger partial charge on any atom is -0.495 e. The third kappa shape index (κ3) is 8.93. The Morgan fingerprint density at radius 2 is 1.02 bits per heavy atom. The van der Waals surface area contributed by atoms with Gasteiger partial charge in [0.15, 0.2) is 0 Å². The summed E-state index contributed by atoms with van der Waals surface area (Å²) in [5.41, 5.74) is 0.605. The highest BCUT2D eigenvalue weighted by molar-refractivity contribution is 6.18. The van der Waals surface area contributed by atoms with E-state index >= 15 is 0 Å². The minimum atomic E-state index is -1.06. The maximum absolute atomic E-state index is 13.7. The van der Waals surface area contributed by atoms with Gasteiger partial charge in [-0.15, -0.1) is 11.6 Å². The molecule has 0 aliphatic heterocycles. The van der Waals surface area contributed by atoms with Gasteiger partial charge in [0.05, 0.1) is 30.7 Å². The van der Waals surface area contributed by atoms with Gasteiger partial charge in [-0.1, -0.05) is 91.0 Å². The summed E-state index contributed by atoms with van der Waals surface area (Å²) in [6.45, 7) is -0.540. The Labute approximate surface area is 265 Å². The fraction of sp³-hybridized carbons (Fsp3) is 0.200.